The number of carboxylic acids is 1. The zero-order valence-corrected chi connectivity index (χ0v) is 8.67. The number of hydrogen-bond acceptors (Lipinski definition) is 3. The number of aromatic nitrogens is 2. The largest absolute Gasteiger partial charge is 0.480 e. The number of carboxylic acid groups (broad SMARTS) is 1. The molecule has 0 saturated carbocycles. The molecule has 1 heterocycles. The van der Waals surface area contributed by atoms with Gasteiger partial charge < -0.3 is 14.6 Å². The molecule has 1 aromatic heterocycles. The van der Waals surface area contributed by atoms with Gasteiger partial charge in [0.25, 0.3) is 5.91 Å². The van der Waals surface area contributed by atoms with Crippen LogP contribution in [0.25, 0.3) is 0 Å². The Labute approximate surface area is 87.1 Å². The zero-order valence-electron chi connectivity index (χ0n) is 8.67. The smallest absolute Gasteiger partial charge is 0.323 e. The van der Waals surface area contributed by atoms with Gasteiger partial charge in [-0.05, 0) is 6.92 Å². The molecule has 15 heavy (non-hydrogen) atoms. The number of imidazole rings is 1. The molecule has 1 rings (SSSR count). The molecule has 0 saturated heterocycles. The highest BCUT2D eigenvalue weighted by atomic mass is 16.4. The number of rotatable bonds is 4. The number of aryl methyl sites for hydroxylation is 1. The van der Waals surface area contributed by atoms with Crippen LogP contribution < -0.4 is 0 Å². The molecule has 6 heteroatoms. The second-order valence-electron chi connectivity index (χ2n) is 3.14. The summed E-state index contributed by atoms with van der Waals surface area (Å²) in [6.45, 7) is 1.78. The lowest BCUT2D eigenvalue weighted by Gasteiger charge is -2.16. The van der Waals surface area contributed by atoms with Crippen LogP contribution in [0.4, 0.5) is 0 Å². The normalized spacial score (nSPS) is 10.0. The van der Waals surface area contributed by atoms with Gasteiger partial charge in [0.1, 0.15) is 12.2 Å². The van der Waals surface area contributed by atoms with Gasteiger partial charge in [0, 0.05) is 19.8 Å². The second-order valence-corrected chi connectivity index (χ2v) is 3.14. The molecule has 6 nitrogen and oxygen atoms in total. The monoisotopic (exact) mass is 211 g/mol. The Hall–Kier alpha value is -1.85. The van der Waals surface area contributed by atoms with Gasteiger partial charge in [-0.3, -0.25) is 9.59 Å². The fraction of sp³-hybridized carbons (Fsp3) is 0.444. The first kappa shape index (κ1) is 11.2. The Morgan fingerprint density at radius 2 is 2.27 bits per heavy atom. The molecule has 0 unspecified atom stereocenters. The topological polar surface area (TPSA) is 75.4 Å². The van der Waals surface area contributed by atoms with E-state index in [4.69, 9.17) is 5.11 Å². The summed E-state index contributed by atoms with van der Waals surface area (Å²) in [5, 5.41) is 8.60. The summed E-state index contributed by atoms with van der Waals surface area (Å²) in [4.78, 5) is 27.3. The van der Waals surface area contributed by atoms with Crippen molar-refractivity contribution in [1.82, 2.24) is 14.5 Å². The summed E-state index contributed by atoms with van der Waals surface area (Å²) in [5.74, 6) is -1.39. The quantitative estimate of drug-likeness (QED) is 0.758. The van der Waals surface area contributed by atoms with Gasteiger partial charge in [0.2, 0.25) is 0 Å². The lowest BCUT2D eigenvalue weighted by atomic mass is 10.3. The summed E-state index contributed by atoms with van der Waals surface area (Å²) in [5.41, 5.74) is 0.264. The van der Waals surface area contributed by atoms with Crippen LogP contribution >= 0.6 is 0 Å². The number of likely N-dealkylation sites (N-methyl/N-ethyl adjacent to an activating group) is 1. The van der Waals surface area contributed by atoms with Crippen LogP contribution in [-0.2, 0) is 11.8 Å². The van der Waals surface area contributed by atoms with Gasteiger partial charge in [-0.15, -0.1) is 0 Å². The Morgan fingerprint density at radius 1 is 1.60 bits per heavy atom. The molecule has 0 aromatic carbocycles. The first-order valence-electron chi connectivity index (χ1n) is 4.53. The van der Waals surface area contributed by atoms with Crippen molar-refractivity contribution in [3.05, 3.63) is 18.2 Å². The molecule has 0 fully saturated rings. The van der Waals surface area contributed by atoms with E-state index < -0.39 is 5.97 Å². The van der Waals surface area contributed by atoms with Gasteiger partial charge >= 0.3 is 5.97 Å². The molecule has 0 radical (unpaired) electrons. The summed E-state index contributed by atoms with van der Waals surface area (Å²) in [7, 11) is 1.75. The van der Waals surface area contributed by atoms with Crippen LogP contribution in [-0.4, -0.2) is 44.5 Å². The molecule has 0 atom stereocenters. The van der Waals surface area contributed by atoms with Crippen LogP contribution in [0.2, 0.25) is 0 Å². The lowest BCUT2D eigenvalue weighted by molar-refractivity contribution is -0.137. The minimum absolute atomic E-state index is 0.264. The average Bonchev–Trinajstić information content (AvgIpc) is 2.60. The summed E-state index contributed by atoms with van der Waals surface area (Å²) >= 11 is 0. The molecular weight excluding hydrogens is 198 g/mol. The first-order valence-corrected chi connectivity index (χ1v) is 4.53. The van der Waals surface area contributed by atoms with Crippen LogP contribution in [0.15, 0.2) is 12.5 Å². The molecular formula is C9H13N3O3. The summed E-state index contributed by atoms with van der Waals surface area (Å²) in [6, 6.07) is 0. The van der Waals surface area contributed by atoms with E-state index in [1.54, 1.807) is 24.7 Å². The zero-order chi connectivity index (χ0) is 11.4. The van der Waals surface area contributed by atoms with Gasteiger partial charge in [-0.25, -0.2) is 4.98 Å². The van der Waals surface area contributed by atoms with E-state index in [0.717, 1.165) is 0 Å². The third kappa shape index (κ3) is 2.80. The lowest BCUT2D eigenvalue weighted by Crippen LogP contribution is -2.35. The number of aliphatic carboxylic acids is 1. The van der Waals surface area contributed by atoms with Gasteiger partial charge in [0.15, 0.2) is 0 Å². The Morgan fingerprint density at radius 3 is 2.67 bits per heavy atom. The Bertz CT molecular complexity index is 372. The maximum Gasteiger partial charge on any atom is 0.323 e. The van der Waals surface area contributed by atoms with Crippen molar-refractivity contribution in [2.24, 2.45) is 7.05 Å². The van der Waals surface area contributed by atoms with Crippen LogP contribution in [0.3, 0.4) is 0 Å². The van der Waals surface area contributed by atoms with E-state index in [9.17, 15) is 9.59 Å². The van der Waals surface area contributed by atoms with Crippen molar-refractivity contribution in [1.29, 1.82) is 0 Å². The molecule has 0 spiro atoms. The maximum absolute atomic E-state index is 11.7. The number of amides is 1. The van der Waals surface area contributed by atoms with Crippen molar-refractivity contribution >= 4 is 11.9 Å². The molecule has 1 aromatic rings. The first-order chi connectivity index (χ1) is 7.04. The van der Waals surface area contributed by atoms with E-state index in [1.165, 1.54) is 11.2 Å². The number of hydrogen-bond donors (Lipinski definition) is 1. The Kier molecular flexibility index (Phi) is 3.43. The molecule has 0 bridgehead atoms. The maximum atomic E-state index is 11.7. The predicted octanol–water partition coefficient (Wildman–Crippen LogP) is -0.0332. The summed E-state index contributed by atoms with van der Waals surface area (Å²) < 4.78 is 1.64. The highest BCUT2D eigenvalue weighted by Crippen LogP contribution is 2.01. The molecule has 0 aliphatic carbocycles. The fourth-order valence-electron chi connectivity index (χ4n) is 1.18. The van der Waals surface area contributed by atoms with Gasteiger partial charge in [0.05, 0.1) is 6.33 Å². The van der Waals surface area contributed by atoms with Crippen molar-refractivity contribution in [2.45, 2.75) is 6.92 Å². The number of nitrogens with zero attached hydrogens (tertiary/aromatic N) is 3. The fourth-order valence-corrected chi connectivity index (χ4v) is 1.18. The van der Waals surface area contributed by atoms with Crippen molar-refractivity contribution in [3.63, 3.8) is 0 Å². The van der Waals surface area contributed by atoms with Crippen molar-refractivity contribution < 1.29 is 14.7 Å². The average molecular weight is 211 g/mol. The van der Waals surface area contributed by atoms with Crippen LogP contribution in [0, 0.1) is 0 Å². The third-order valence-corrected chi connectivity index (χ3v) is 1.92. The summed E-state index contributed by atoms with van der Waals surface area (Å²) in [6.07, 6.45) is 3.06. The molecule has 0 aliphatic rings. The molecule has 0 aliphatic heterocycles. The Balaban J connectivity index is 2.77. The standard InChI is InChI=1S/C9H13N3O3/c1-3-12(5-8(13)14)9(15)7-4-11(2)6-10-7/h4,6H,3,5H2,1-2H3,(H,13,14). The van der Waals surface area contributed by atoms with E-state index >= 15 is 0 Å². The number of carbonyl (C=O) groups is 2. The van der Waals surface area contributed by atoms with Crippen LogP contribution in [0.1, 0.15) is 17.4 Å². The second kappa shape index (κ2) is 4.59. The highest BCUT2D eigenvalue weighted by molar-refractivity contribution is 5.93. The highest BCUT2D eigenvalue weighted by Gasteiger charge is 2.18. The van der Waals surface area contributed by atoms with E-state index in [2.05, 4.69) is 4.98 Å². The predicted molar refractivity (Wildman–Crippen MR) is 52.4 cm³/mol. The van der Waals surface area contributed by atoms with E-state index in [0.29, 0.717) is 6.54 Å². The van der Waals surface area contributed by atoms with E-state index in [-0.39, 0.29) is 18.1 Å². The minimum Gasteiger partial charge on any atom is -0.480 e. The number of carbonyl (C=O) groups excluding carboxylic acids is 1. The molecule has 1 amide bonds. The van der Waals surface area contributed by atoms with Crippen molar-refractivity contribution in [3.8, 4) is 0 Å². The van der Waals surface area contributed by atoms with E-state index in [1.807, 2.05) is 0 Å². The van der Waals surface area contributed by atoms with Gasteiger partial charge in [-0.2, -0.15) is 0 Å². The SMILES string of the molecule is CCN(CC(=O)O)C(=O)c1cn(C)cn1. The molecule has 1 N–H and O–H groups in total. The van der Waals surface area contributed by atoms with Crippen LogP contribution in [0.5, 0.6) is 0 Å². The third-order valence-electron chi connectivity index (χ3n) is 1.92. The van der Waals surface area contributed by atoms with Crippen molar-refractivity contribution in [2.75, 3.05) is 13.1 Å². The van der Waals surface area contributed by atoms with Gasteiger partial charge in [-0.1, -0.05) is 0 Å². The molecule has 82 valence electrons. The minimum atomic E-state index is -1.03.